The van der Waals surface area contributed by atoms with Crippen molar-refractivity contribution < 1.29 is 53.4 Å². The van der Waals surface area contributed by atoms with Gasteiger partial charge in [0.25, 0.3) is 0 Å². The lowest BCUT2D eigenvalue weighted by Crippen LogP contribution is -2.65. The van der Waals surface area contributed by atoms with Gasteiger partial charge in [-0.1, -0.05) is 6.92 Å². The van der Waals surface area contributed by atoms with E-state index in [1.807, 2.05) is 0 Å². The van der Waals surface area contributed by atoms with E-state index < -0.39 is 48.1 Å². The fourth-order valence-electron chi connectivity index (χ4n) is 1.16. The van der Waals surface area contributed by atoms with Crippen LogP contribution < -0.4 is 0 Å². The first kappa shape index (κ1) is 22.8. The Bertz CT molecular complexity index is 459. The van der Waals surface area contributed by atoms with Gasteiger partial charge in [0.05, 0.1) is 5.41 Å². The molecule has 24 heavy (non-hydrogen) atoms. The van der Waals surface area contributed by atoms with Crippen molar-refractivity contribution in [1.82, 2.24) is 0 Å². The van der Waals surface area contributed by atoms with Crippen molar-refractivity contribution in [2.24, 2.45) is 5.41 Å². The second kappa shape index (κ2) is 6.58. The summed E-state index contributed by atoms with van der Waals surface area (Å²) in [5.74, 6) is -28.2. The lowest BCUT2D eigenvalue weighted by Gasteiger charge is -2.36. The minimum absolute atomic E-state index is 0.00654. The summed E-state index contributed by atoms with van der Waals surface area (Å²) in [6.45, 7) is 1.03. The van der Waals surface area contributed by atoms with E-state index in [9.17, 15) is 48.7 Å². The predicted molar refractivity (Wildman–Crippen MR) is 60.8 cm³/mol. The molecule has 2 nitrogen and oxygen atoms in total. The Morgan fingerprint density at radius 3 is 1.67 bits per heavy atom. The number of carbonyl (C=O) groups excluding carboxylic acids is 1. The number of halogens is 10. The summed E-state index contributed by atoms with van der Waals surface area (Å²) >= 11 is 0. The Morgan fingerprint density at radius 1 is 0.917 bits per heavy atom. The fourth-order valence-corrected chi connectivity index (χ4v) is 1.16. The molecule has 0 N–H and O–H groups in total. The Hall–Kier alpha value is -1.23. The highest BCUT2D eigenvalue weighted by atomic mass is 19.4. The first-order chi connectivity index (χ1) is 10.4. The van der Waals surface area contributed by atoms with Crippen LogP contribution in [0.2, 0.25) is 0 Å². The average Bonchev–Trinajstić information content (AvgIpc) is 2.43. The van der Waals surface area contributed by atoms with E-state index >= 15 is 0 Å². The molecule has 0 saturated heterocycles. The molecule has 0 rings (SSSR count). The largest absolute Gasteiger partial charge is 0.459 e. The lowest BCUT2D eigenvalue weighted by molar-refractivity contribution is -0.386. The highest BCUT2D eigenvalue weighted by molar-refractivity contribution is 5.75. The Balaban J connectivity index is 5.50. The van der Waals surface area contributed by atoms with Gasteiger partial charge in [-0.25, -0.2) is 8.78 Å². The van der Waals surface area contributed by atoms with E-state index in [0.29, 0.717) is 0 Å². The van der Waals surface area contributed by atoms with E-state index in [1.54, 1.807) is 0 Å². The monoisotopic (exact) mass is 380 g/mol. The number of alkyl halides is 10. The number of hydrogen-bond acceptors (Lipinski definition) is 2. The molecule has 0 aromatic heterocycles. The molecule has 0 bridgehead atoms. The molecule has 144 valence electrons. The summed E-state index contributed by atoms with van der Waals surface area (Å²) in [7, 11) is 0. The van der Waals surface area contributed by atoms with Crippen molar-refractivity contribution >= 4 is 5.97 Å². The van der Waals surface area contributed by atoms with Gasteiger partial charge in [0, 0.05) is 0 Å². The van der Waals surface area contributed by atoms with Gasteiger partial charge in [0.15, 0.2) is 6.61 Å². The molecule has 0 heterocycles. The van der Waals surface area contributed by atoms with Gasteiger partial charge in [0.2, 0.25) is 0 Å². The minimum atomic E-state index is -7.09. The minimum Gasteiger partial charge on any atom is -0.459 e. The molecule has 0 spiro atoms. The molecule has 0 saturated carbocycles. The van der Waals surface area contributed by atoms with Gasteiger partial charge in [-0.3, -0.25) is 4.79 Å². The fraction of sp³-hybridized carbons (Fsp3) is 0.917. The van der Waals surface area contributed by atoms with Crippen LogP contribution in [0.3, 0.4) is 0 Å². The van der Waals surface area contributed by atoms with Crippen molar-refractivity contribution in [1.29, 1.82) is 0 Å². The first-order valence-corrected chi connectivity index (χ1v) is 6.35. The molecule has 0 radical (unpaired) electrons. The number of ether oxygens (including phenoxy) is 1. The van der Waals surface area contributed by atoms with E-state index in [4.69, 9.17) is 0 Å². The standard InChI is InChI=1S/C12H14F10O2/c1-4-8(2,3)7(23)24-5-9(15,16)11(19,20)12(21,22)10(17,18)6(13)14/h6H,4-5H2,1-3H3. The molecule has 0 unspecified atom stereocenters. The van der Waals surface area contributed by atoms with E-state index in [1.165, 1.54) is 6.92 Å². The third kappa shape index (κ3) is 3.71. The predicted octanol–water partition coefficient (Wildman–Crippen LogP) is 4.77. The van der Waals surface area contributed by atoms with Crippen molar-refractivity contribution in [3.63, 3.8) is 0 Å². The normalized spacial score (nSPS) is 14.9. The molecule has 12 heteroatoms. The molecule has 0 aliphatic rings. The van der Waals surface area contributed by atoms with E-state index in [2.05, 4.69) is 4.74 Å². The van der Waals surface area contributed by atoms with Crippen LogP contribution in [-0.2, 0) is 9.53 Å². The summed E-state index contributed by atoms with van der Waals surface area (Å²) < 4.78 is 131. The number of carbonyl (C=O) groups is 1. The zero-order valence-electron chi connectivity index (χ0n) is 12.6. The van der Waals surface area contributed by atoms with Crippen LogP contribution in [0, 0.1) is 5.41 Å². The third-order valence-electron chi connectivity index (χ3n) is 3.37. The zero-order valence-corrected chi connectivity index (χ0v) is 12.6. The maximum atomic E-state index is 13.3. The highest BCUT2D eigenvalue weighted by Gasteiger charge is 2.83. The van der Waals surface area contributed by atoms with Gasteiger partial charge >= 0.3 is 36.1 Å². The molecular formula is C12H14F10O2. The SMILES string of the molecule is CCC(C)(C)C(=O)OCC(F)(F)C(F)(F)C(F)(F)C(F)(F)C(F)F. The summed E-state index contributed by atoms with van der Waals surface area (Å²) in [6.07, 6.45) is -5.33. The quantitative estimate of drug-likeness (QED) is 0.448. The van der Waals surface area contributed by atoms with E-state index in [0.717, 1.165) is 13.8 Å². The Morgan fingerprint density at radius 2 is 1.33 bits per heavy atom. The lowest BCUT2D eigenvalue weighted by atomic mass is 9.90. The maximum absolute atomic E-state index is 13.3. The van der Waals surface area contributed by atoms with Crippen LogP contribution in [0.15, 0.2) is 0 Å². The van der Waals surface area contributed by atoms with Gasteiger partial charge in [0.1, 0.15) is 0 Å². The summed E-state index contributed by atoms with van der Waals surface area (Å²) in [5, 5.41) is 0. The molecule has 0 aromatic rings. The number of rotatable bonds is 8. The number of esters is 1. The molecule has 0 aromatic carbocycles. The van der Waals surface area contributed by atoms with Crippen LogP contribution in [-0.4, -0.2) is 42.7 Å². The van der Waals surface area contributed by atoms with Crippen LogP contribution in [0.5, 0.6) is 0 Å². The Labute approximate surface area is 130 Å². The Kier molecular flexibility index (Phi) is 6.25. The van der Waals surface area contributed by atoms with Gasteiger partial charge in [-0.05, 0) is 20.3 Å². The van der Waals surface area contributed by atoms with Crippen molar-refractivity contribution in [2.75, 3.05) is 6.61 Å². The smallest absolute Gasteiger partial charge is 0.384 e. The topological polar surface area (TPSA) is 26.3 Å². The average molecular weight is 380 g/mol. The van der Waals surface area contributed by atoms with Crippen LogP contribution >= 0.6 is 0 Å². The van der Waals surface area contributed by atoms with Crippen molar-refractivity contribution in [3.05, 3.63) is 0 Å². The molecule has 0 aliphatic carbocycles. The third-order valence-corrected chi connectivity index (χ3v) is 3.37. The van der Waals surface area contributed by atoms with Gasteiger partial charge in [-0.2, -0.15) is 35.1 Å². The second-order valence-corrected chi connectivity index (χ2v) is 5.59. The highest BCUT2D eigenvalue weighted by Crippen LogP contribution is 2.54. The molecular weight excluding hydrogens is 366 g/mol. The summed E-state index contributed by atoms with van der Waals surface area (Å²) in [5.41, 5.74) is -1.44. The van der Waals surface area contributed by atoms with Gasteiger partial charge in [-0.15, -0.1) is 0 Å². The van der Waals surface area contributed by atoms with Gasteiger partial charge < -0.3 is 4.74 Å². The maximum Gasteiger partial charge on any atom is 0.384 e. The molecule has 0 aliphatic heterocycles. The van der Waals surface area contributed by atoms with Crippen molar-refractivity contribution in [2.45, 2.75) is 57.3 Å². The summed E-state index contributed by atoms with van der Waals surface area (Å²) in [4.78, 5) is 11.4. The van der Waals surface area contributed by atoms with Crippen LogP contribution in [0.1, 0.15) is 27.2 Å². The summed E-state index contributed by atoms with van der Waals surface area (Å²) in [6, 6.07) is 0. The van der Waals surface area contributed by atoms with Crippen LogP contribution in [0.25, 0.3) is 0 Å². The first-order valence-electron chi connectivity index (χ1n) is 6.35. The van der Waals surface area contributed by atoms with Crippen LogP contribution in [0.4, 0.5) is 43.9 Å². The number of hydrogen-bond donors (Lipinski definition) is 0. The molecule has 0 fully saturated rings. The molecule has 0 amide bonds. The second-order valence-electron chi connectivity index (χ2n) is 5.59. The zero-order chi connectivity index (χ0) is 19.8. The molecule has 0 atom stereocenters. The van der Waals surface area contributed by atoms with E-state index in [-0.39, 0.29) is 6.42 Å². The van der Waals surface area contributed by atoms with Crippen molar-refractivity contribution in [3.8, 4) is 0 Å².